The second-order valence-electron chi connectivity index (χ2n) is 7.10. The van der Waals surface area contributed by atoms with Gasteiger partial charge in [-0.2, -0.15) is 0 Å². The van der Waals surface area contributed by atoms with E-state index in [2.05, 4.69) is 15.1 Å². The smallest absolute Gasteiger partial charge is 0.253 e. The first kappa shape index (κ1) is 17.2. The van der Waals surface area contributed by atoms with Crippen LogP contribution in [0.5, 0.6) is 0 Å². The Labute approximate surface area is 153 Å². The van der Waals surface area contributed by atoms with Crippen LogP contribution in [0.15, 0.2) is 36.9 Å². The molecule has 2 fully saturated rings. The van der Waals surface area contributed by atoms with Gasteiger partial charge in [-0.05, 0) is 43.5 Å². The monoisotopic (exact) mass is 355 g/mol. The normalized spacial score (nSPS) is 21.7. The van der Waals surface area contributed by atoms with Crippen LogP contribution in [0.3, 0.4) is 0 Å². The van der Waals surface area contributed by atoms with Crippen molar-refractivity contribution in [2.45, 2.75) is 12.8 Å². The molecule has 1 unspecified atom stereocenters. The molecule has 2 saturated heterocycles. The van der Waals surface area contributed by atoms with Gasteiger partial charge in [-0.15, -0.1) is 10.2 Å². The van der Waals surface area contributed by atoms with Gasteiger partial charge in [0.25, 0.3) is 5.91 Å². The Hall–Kier alpha value is -2.25. The van der Waals surface area contributed by atoms with E-state index < -0.39 is 0 Å². The minimum Gasteiger partial charge on any atom is -0.381 e. The molecule has 0 radical (unpaired) electrons. The summed E-state index contributed by atoms with van der Waals surface area (Å²) in [5, 5.41) is 7.66. The highest BCUT2D eigenvalue weighted by Crippen LogP contribution is 2.17. The maximum atomic E-state index is 13.0. The highest BCUT2D eigenvalue weighted by Gasteiger charge is 2.24. The van der Waals surface area contributed by atoms with E-state index in [9.17, 15) is 4.79 Å². The maximum Gasteiger partial charge on any atom is 0.253 e. The van der Waals surface area contributed by atoms with Crippen LogP contribution in [0, 0.1) is 5.92 Å². The van der Waals surface area contributed by atoms with Crippen LogP contribution in [-0.2, 0) is 4.74 Å². The van der Waals surface area contributed by atoms with Gasteiger partial charge in [0.05, 0.1) is 6.61 Å². The summed E-state index contributed by atoms with van der Waals surface area (Å²) in [6.45, 7) is 6.46. The van der Waals surface area contributed by atoms with Crippen molar-refractivity contribution in [3.05, 3.63) is 42.5 Å². The molecule has 2 aliphatic rings. The second-order valence-corrected chi connectivity index (χ2v) is 7.10. The Balaban J connectivity index is 1.39. The van der Waals surface area contributed by atoms with Crippen LogP contribution >= 0.6 is 0 Å². The van der Waals surface area contributed by atoms with Crippen molar-refractivity contribution in [1.82, 2.24) is 24.6 Å². The third-order valence-corrected chi connectivity index (χ3v) is 5.23. The quantitative estimate of drug-likeness (QED) is 0.831. The predicted octanol–water partition coefficient (Wildman–Crippen LogP) is 1.45. The van der Waals surface area contributed by atoms with E-state index >= 15 is 0 Å². The number of hydrogen-bond acceptors (Lipinski definition) is 5. The number of amides is 1. The lowest BCUT2D eigenvalue weighted by Gasteiger charge is -2.24. The molecule has 2 aliphatic heterocycles. The number of ether oxygens (including phenoxy) is 1. The minimum absolute atomic E-state index is 0.103. The van der Waals surface area contributed by atoms with E-state index in [1.165, 1.54) is 0 Å². The van der Waals surface area contributed by atoms with Crippen LogP contribution in [0.25, 0.3) is 5.69 Å². The van der Waals surface area contributed by atoms with Gasteiger partial charge in [-0.1, -0.05) is 6.07 Å². The highest BCUT2D eigenvalue weighted by atomic mass is 16.5. The van der Waals surface area contributed by atoms with Crippen molar-refractivity contribution in [1.29, 1.82) is 0 Å². The zero-order chi connectivity index (χ0) is 17.8. The van der Waals surface area contributed by atoms with E-state index in [0.29, 0.717) is 11.5 Å². The summed E-state index contributed by atoms with van der Waals surface area (Å²) in [6.07, 6.45) is 5.46. The molecule has 1 amide bonds. The molecule has 0 bridgehead atoms. The van der Waals surface area contributed by atoms with Gasteiger partial charge in [0.1, 0.15) is 12.7 Å². The Bertz CT molecular complexity index is 727. The van der Waals surface area contributed by atoms with E-state index in [4.69, 9.17) is 4.74 Å². The molecule has 0 aliphatic carbocycles. The summed E-state index contributed by atoms with van der Waals surface area (Å²) >= 11 is 0. The average molecular weight is 355 g/mol. The molecule has 2 aromatic rings. The molecular formula is C19H25N5O2. The van der Waals surface area contributed by atoms with Gasteiger partial charge >= 0.3 is 0 Å². The predicted molar refractivity (Wildman–Crippen MR) is 97.2 cm³/mol. The molecule has 7 heteroatoms. The van der Waals surface area contributed by atoms with Crippen molar-refractivity contribution >= 4 is 5.91 Å². The van der Waals surface area contributed by atoms with E-state index in [1.807, 2.05) is 33.7 Å². The van der Waals surface area contributed by atoms with Crippen molar-refractivity contribution in [3.63, 3.8) is 0 Å². The van der Waals surface area contributed by atoms with E-state index in [1.54, 1.807) is 12.7 Å². The summed E-state index contributed by atoms with van der Waals surface area (Å²) in [7, 11) is 0. The lowest BCUT2D eigenvalue weighted by molar-refractivity contribution is 0.0760. The summed E-state index contributed by atoms with van der Waals surface area (Å²) in [5.41, 5.74) is 1.62. The zero-order valence-electron chi connectivity index (χ0n) is 15.0. The van der Waals surface area contributed by atoms with Crippen LogP contribution in [-0.4, -0.2) is 76.4 Å². The molecule has 0 spiro atoms. The first-order valence-electron chi connectivity index (χ1n) is 9.34. The van der Waals surface area contributed by atoms with Crippen molar-refractivity contribution < 1.29 is 9.53 Å². The molecule has 138 valence electrons. The molecular weight excluding hydrogens is 330 g/mol. The molecule has 1 atom stereocenters. The van der Waals surface area contributed by atoms with Crippen molar-refractivity contribution in [2.75, 3.05) is 45.9 Å². The Kier molecular flexibility index (Phi) is 5.26. The second kappa shape index (κ2) is 7.97. The number of aromatic nitrogens is 3. The standard InChI is InChI=1S/C19H25N5O2/c25-19(17-3-1-4-18(11-17)24-14-20-21-15-24)23-7-2-6-22(8-9-23)12-16-5-10-26-13-16/h1,3-4,11,14-16H,2,5-10,12-13H2. The molecule has 26 heavy (non-hydrogen) atoms. The maximum absolute atomic E-state index is 13.0. The third kappa shape index (κ3) is 3.94. The number of rotatable bonds is 4. The van der Waals surface area contributed by atoms with Gasteiger partial charge in [-0.25, -0.2) is 0 Å². The molecule has 0 saturated carbocycles. The number of nitrogens with zero attached hydrogens (tertiary/aromatic N) is 5. The number of benzene rings is 1. The number of carbonyl (C=O) groups is 1. The molecule has 1 aromatic carbocycles. The van der Waals surface area contributed by atoms with Gasteiger partial charge in [0, 0.05) is 44.0 Å². The topological polar surface area (TPSA) is 63.5 Å². The van der Waals surface area contributed by atoms with Gasteiger partial charge in [-0.3, -0.25) is 9.36 Å². The fraction of sp³-hybridized carbons (Fsp3) is 0.526. The van der Waals surface area contributed by atoms with Gasteiger partial charge < -0.3 is 14.5 Å². The van der Waals surface area contributed by atoms with E-state index in [0.717, 1.165) is 64.5 Å². The highest BCUT2D eigenvalue weighted by molar-refractivity contribution is 5.94. The zero-order valence-corrected chi connectivity index (χ0v) is 15.0. The van der Waals surface area contributed by atoms with Crippen LogP contribution in [0.1, 0.15) is 23.2 Å². The molecule has 3 heterocycles. The van der Waals surface area contributed by atoms with Gasteiger partial charge in [0.2, 0.25) is 0 Å². The molecule has 0 N–H and O–H groups in total. The fourth-order valence-corrected chi connectivity index (χ4v) is 3.77. The number of carbonyl (C=O) groups excluding carboxylic acids is 1. The van der Waals surface area contributed by atoms with Crippen molar-refractivity contribution in [2.24, 2.45) is 5.92 Å². The largest absolute Gasteiger partial charge is 0.381 e. The lowest BCUT2D eigenvalue weighted by atomic mass is 10.1. The first-order valence-corrected chi connectivity index (χ1v) is 9.34. The van der Waals surface area contributed by atoms with Crippen molar-refractivity contribution in [3.8, 4) is 5.69 Å². The summed E-state index contributed by atoms with van der Waals surface area (Å²) in [6, 6.07) is 7.65. The Morgan fingerprint density at radius 3 is 2.85 bits per heavy atom. The SMILES string of the molecule is O=C(c1cccc(-n2cnnc2)c1)N1CCCN(CC2CCOC2)CC1. The summed E-state index contributed by atoms with van der Waals surface area (Å²) in [4.78, 5) is 17.4. The molecule has 1 aromatic heterocycles. The van der Waals surface area contributed by atoms with Gasteiger partial charge in [0.15, 0.2) is 0 Å². The fourth-order valence-electron chi connectivity index (χ4n) is 3.77. The summed E-state index contributed by atoms with van der Waals surface area (Å²) in [5.74, 6) is 0.753. The molecule has 4 rings (SSSR count). The number of hydrogen-bond donors (Lipinski definition) is 0. The average Bonchev–Trinajstić information content (AvgIpc) is 3.33. The van der Waals surface area contributed by atoms with Crippen LogP contribution in [0.4, 0.5) is 0 Å². The Morgan fingerprint density at radius 1 is 1.15 bits per heavy atom. The van der Waals surface area contributed by atoms with Crippen LogP contribution < -0.4 is 0 Å². The lowest BCUT2D eigenvalue weighted by Crippen LogP contribution is -2.36. The van der Waals surface area contributed by atoms with Crippen LogP contribution in [0.2, 0.25) is 0 Å². The Morgan fingerprint density at radius 2 is 2.04 bits per heavy atom. The van der Waals surface area contributed by atoms with E-state index in [-0.39, 0.29) is 5.91 Å². The summed E-state index contributed by atoms with van der Waals surface area (Å²) < 4.78 is 7.30. The third-order valence-electron chi connectivity index (χ3n) is 5.23. The first-order chi connectivity index (χ1) is 12.8. The molecule has 7 nitrogen and oxygen atoms in total. The minimum atomic E-state index is 0.103.